The second-order valence-electron chi connectivity index (χ2n) is 13.5. The van der Waals surface area contributed by atoms with Crippen molar-refractivity contribution in [1.29, 1.82) is 0 Å². The molecule has 0 spiro atoms. The maximum Gasteiger partial charge on any atom is -0.0443 e. The molecule has 0 aromatic carbocycles. The Bertz CT molecular complexity index is 274. The molecular formula is C35H76. The Hall–Kier alpha value is 0. The van der Waals surface area contributed by atoms with E-state index in [4.69, 9.17) is 0 Å². The summed E-state index contributed by atoms with van der Waals surface area (Å²) in [4.78, 5) is 0. The zero-order valence-electron chi connectivity index (χ0n) is 23.9. The van der Waals surface area contributed by atoms with Crippen molar-refractivity contribution >= 4 is 0 Å². The predicted molar refractivity (Wildman–Crippen MR) is 167 cm³/mol. The Morgan fingerprint density at radius 3 is 0.314 bits per heavy atom. The minimum absolute atomic E-state index is 0. The van der Waals surface area contributed by atoms with Crippen molar-refractivity contribution in [3.8, 4) is 0 Å². The van der Waals surface area contributed by atoms with Crippen molar-refractivity contribution in [2.45, 2.75) is 180 Å². The van der Waals surface area contributed by atoms with E-state index in [9.17, 15) is 0 Å². The van der Waals surface area contributed by atoms with E-state index in [2.05, 4.69) is 55.4 Å². The monoisotopic (exact) mass is 497 g/mol. The van der Waals surface area contributed by atoms with Crippen LogP contribution in [0.4, 0.5) is 0 Å². The first-order valence-electron chi connectivity index (χ1n) is 15.2. The lowest BCUT2D eigenvalue weighted by Gasteiger charge is -2.22. The van der Waals surface area contributed by atoms with Crippen LogP contribution in [0, 0.1) is 47.3 Å². The van der Waals surface area contributed by atoms with Gasteiger partial charge in [-0.15, -0.1) is 0 Å². The summed E-state index contributed by atoms with van der Waals surface area (Å²) in [6, 6.07) is 0. The van der Waals surface area contributed by atoms with Gasteiger partial charge < -0.3 is 0 Å². The molecule has 35 heavy (non-hydrogen) atoms. The fourth-order valence-corrected chi connectivity index (χ4v) is 5.71. The van der Waals surface area contributed by atoms with Gasteiger partial charge in [-0.1, -0.05) is 180 Å². The molecular weight excluding hydrogens is 420 g/mol. The van der Waals surface area contributed by atoms with Gasteiger partial charge in [0.15, 0.2) is 0 Å². The van der Waals surface area contributed by atoms with Gasteiger partial charge in [-0.05, 0) is 47.3 Å². The molecule has 4 rings (SSSR count). The molecule has 0 aliphatic heterocycles. The van der Waals surface area contributed by atoms with Crippen molar-refractivity contribution < 1.29 is 0 Å². The average Bonchev–Trinajstić information content (AvgIpc) is 2.78. The first-order valence-corrected chi connectivity index (χ1v) is 15.2. The van der Waals surface area contributed by atoms with Crippen LogP contribution < -0.4 is 0 Å². The third-order valence-corrected chi connectivity index (χ3v) is 9.22. The molecule has 0 amide bonds. The van der Waals surface area contributed by atoms with Gasteiger partial charge in [-0.3, -0.25) is 0 Å². The minimum atomic E-state index is 0. The number of hydrogen-bond acceptors (Lipinski definition) is 0. The Kier molecular flexibility index (Phi) is 26.1. The average molecular weight is 497 g/mol. The number of rotatable bonds is 0. The van der Waals surface area contributed by atoms with Crippen LogP contribution in [0.1, 0.15) is 180 Å². The van der Waals surface area contributed by atoms with Crippen LogP contribution in [-0.2, 0) is 0 Å². The van der Waals surface area contributed by atoms with Crippen LogP contribution >= 0.6 is 0 Å². The predicted octanol–water partition coefficient (Wildman–Crippen LogP) is 13.2. The molecule has 0 heterocycles. The van der Waals surface area contributed by atoms with Gasteiger partial charge in [-0.25, -0.2) is 0 Å². The van der Waals surface area contributed by atoms with E-state index in [0.29, 0.717) is 0 Å². The van der Waals surface area contributed by atoms with Gasteiger partial charge >= 0.3 is 0 Å². The fraction of sp³-hybridized carbons (Fsp3) is 1.00. The van der Waals surface area contributed by atoms with Gasteiger partial charge in [0.1, 0.15) is 0 Å². The molecule has 0 heteroatoms. The Morgan fingerprint density at radius 2 is 0.257 bits per heavy atom. The standard InChI is InChI=1S/4C8H16.3CH4/c4*1-7-3-5-8(2)6-4-7;;;/h4*7-8H,3-6H2,1-2H3;3*1H4. The minimum Gasteiger partial charge on any atom is -0.0776 e. The molecule has 0 aromatic heterocycles. The van der Waals surface area contributed by atoms with Crippen molar-refractivity contribution in [3.05, 3.63) is 0 Å². The normalized spacial score (nSPS) is 36.3. The highest BCUT2D eigenvalue weighted by Gasteiger charge is 2.15. The van der Waals surface area contributed by atoms with Gasteiger partial charge in [0.2, 0.25) is 0 Å². The zero-order valence-corrected chi connectivity index (χ0v) is 23.9. The lowest BCUT2D eigenvalue weighted by atomic mass is 9.84. The van der Waals surface area contributed by atoms with Crippen LogP contribution in [0.5, 0.6) is 0 Å². The molecule has 0 atom stereocenters. The fourth-order valence-electron chi connectivity index (χ4n) is 5.71. The lowest BCUT2D eigenvalue weighted by molar-refractivity contribution is 0.308. The molecule has 0 radical (unpaired) electrons. The summed E-state index contributed by atoms with van der Waals surface area (Å²) in [7, 11) is 0. The molecule has 0 bridgehead atoms. The van der Waals surface area contributed by atoms with E-state index in [0.717, 1.165) is 47.3 Å². The zero-order chi connectivity index (χ0) is 23.9. The highest BCUT2D eigenvalue weighted by Crippen LogP contribution is 2.29. The maximum absolute atomic E-state index is 2.37. The van der Waals surface area contributed by atoms with Crippen LogP contribution in [0.2, 0.25) is 0 Å². The van der Waals surface area contributed by atoms with Gasteiger partial charge in [-0.2, -0.15) is 0 Å². The summed E-state index contributed by atoms with van der Waals surface area (Å²) in [6.45, 7) is 18.9. The van der Waals surface area contributed by atoms with E-state index in [1.165, 1.54) is 103 Å². The second kappa shape index (κ2) is 23.1. The maximum atomic E-state index is 2.37. The summed E-state index contributed by atoms with van der Waals surface area (Å²) < 4.78 is 0. The second-order valence-corrected chi connectivity index (χ2v) is 13.5. The molecule has 0 unspecified atom stereocenters. The highest BCUT2D eigenvalue weighted by atomic mass is 14.2. The van der Waals surface area contributed by atoms with E-state index < -0.39 is 0 Å². The molecule has 0 saturated heterocycles. The molecule has 4 saturated carbocycles. The summed E-state index contributed by atoms with van der Waals surface area (Å²) >= 11 is 0. The van der Waals surface area contributed by atoms with Crippen molar-refractivity contribution in [3.63, 3.8) is 0 Å². The third-order valence-electron chi connectivity index (χ3n) is 9.22. The third kappa shape index (κ3) is 21.8. The van der Waals surface area contributed by atoms with E-state index >= 15 is 0 Å². The van der Waals surface area contributed by atoms with Crippen molar-refractivity contribution in [1.82, 2.24) is 0 Å². The Morgan fingerprint density at radius 1 is 0.200 bits per heavy atom. The smallest absolute Gasteiger partial charge is 0.0443 e. The highest BCUT2D eigenvalue weighted by molar-refractivity contribution is 4.67. The topological polar surface area (TPSA) is 0 Å². The number of hydrogen-bond donors (Lipinski definition) is 0. The molecule has 0 nitrogen and oxygen atoms in total. The molecule has 0 aromatic rings. The SMILES string of the molecule is C.C.C.CC1CCC(C)CC1.CC1CCC(C)CC1.CC1CCC(C)CC1.CC1CCC(C)CC1. The van der Waals surface area contributed by atoms with Crippen LogP contribution in [-0.4, -0.2) is 0 Å². The van der Waals surface area contributed by atoms with E-state index in [-0.39, 0.29) is 22.3 Å². The molecule has 4 aliphatic carbocycles. The summed E-state index contributed by atoms with van der Waals surface area (Å²) in [5.74, 6) is 8.16. The molecule has 216 valence electrons. The Labute approximate surface area is 227 Å². The first kappa shape index (κ1) is 39.5. The largest absolute Gasteiger partial charge is 0.0776 e. The van der Waals surface area contributed by atoms with Crippen molar-refractivity contribution in [2.24, 2.45) is 47.3 Å². The molecule has 0 N–H and O–H groups in total. The lowest BCUT2D eigenvalue weighted by Crippen LogP contribution is -2.08. The van der Waals surface area contributed by atoms with E-state index in [1.54, 1.807) is 0 Å². The van der Waals surface area contributed by atoms with Crippen molar-refractivity contribution in [2.75, 3.05) is 0 Å². The quantitative estimate of drug-likeness (QED) is 0.313. The first-order chi connectivity index (χ1) is 15.2. The molecule has 4 aliphatic rings. The van der Waals surface area contributed by atoms with E-state index in [1.807, 2.05) is 0 Å². The van der Waals surface area contributed by atoms with Gasteiger partial charge in [0.25, 0.3) is 0 Å². The van der Waals surface area contributed by atoms with Gasteiger partial charge in [0.05, 0.1) is 0 Å². The van der Waals surface area contributed by atoms with Crippen LogP contribution in [0.3, 0.4) is 0 Å². The van der Waals surface area contributed by atoms with Crippen LogP contribution in [0.25, 0.3) is 0 Å². The summed E-state index contributed by atoms with van der Waals surface area (Å²) in [5, 5.41) is 0. The summed E-state index contributed by atoms with van der Waals surface area (Å²) in [6.07, 6.45) is 23.6. The van der Waals surface area contributed by atoms with Crippen LogP contribution in [0.15, 0.2) is 0 Å². The van der Waals surface area contributed by atoms with Gasteiger partial charge in [0, 0.05) is 0 Å². The Balaban J connectivity index is -0.000000379. The summed E-state index contributed by atoms with van der Waals surface area (Å²) in [5.41, 5.74) is 0. The molecule has 4 fully saturated rings.